The second kappa shape index (κ2) is 5.28. The Balaban J connectivity index is 2.85. The van der Waals surface area contributed by atoms with Crippen molar-refractivity contribution in [3.63, 3.8) is 0 Å². The van der Waals surface area contributed by atoms with Crippen molar-refractivity contribution in [2.45, 2.75) is 23.5 Å². The van der Waals surface area contributed by atoms with Gasteiger partial charge in [0.15, 0.2) is 0 Å². The minimum atomic E-state index is -1.37. The molecule has 1 rings (SSSR count). The van der Waals surface area contributed by atoms with Gasteiger partial charge in [-0.3, -0.25) is 9.00 Å². The highest BCUT2D eigenvalue weighted by Gasteiger charge is 2.18. The fraction of sp³-hybridized carbons (Fsp3) is 0.300. The van der Waals surface area contributed by atoms with Gasteiger partial charge < -0.3 is 5.11 Å². The number of aliphatic carboxylic acids is 1. The van der Waals surface area contributed by atoms with Gasteiger partial charge in [0.2, 0.25) is 0 Å². The summed E-state index contributed by atoms with van der Waals surface area (Å²) in [4.78, 5) is 11.0. The average molecular weight is 247 g/mol. The van der Waals surface area contributed by atoms with Crippen LogP contribution in [0.3, 0.4) is 0 Å². The van der Waals surface area contributed by atoms with Crippen LogP contribution in [0.4, 0.5) is 0 Å². The molecule has 0 aliphatic heterocycles. The quantitative estimate of drug-likeness (QED) is 0.887. The first-order chi connectivity index (χ1) is 7.02. The summed E-state index contributed by atoms with van der Waals surface area (Å²) in [5, 5.41) is 8.55. The zero-order chi connectivity index (χ0) is 11.4. The van der Waals surface area contributed by atoms with Gasteiger partial charge in [-0.2, -0.15) is 0 Å². The van der Waals surface area contributed by atoms with Gasteiger partial charge in [0.1, 0.15) is 0 Å². The summed E-state index contributed by atoms with van der Waals surface area (Å²) in [6.07, 6.45) is -0.127. The molecule has 0 bridgehead atoms. The van der Waals surface area contributed by atoms with Crippen molar-refractivity contribution in [3.05, 3.63) is 29.3 Å². The summed E-state index contributed by atoms with van der Waals surface area (Å²) in [6, 6.07) is 6.76. The largest absolute Gasteiger partial charge is 0.481 e. The van der Waals surface area contributed by atoms with Crippen LogP contribution in [0, 0.1) is 0 Å². The fourth-order valence-electron chi connectivity index (χ4n) is 1.15. The molecular formula is C10H11ClO3S. The van der Waals surface area contributed by atoms with E-state index in [4.69, 9.17) is 16.7 Å². The maximum absolute atomic E-state index is 11.9. The second-order valence-electron chi connectivity index (χ2n) is 3.14. The van der Waals surface area contributed by atoms with Gasteiger partial charge >= 0.3 is 5.97 Å². The third-order valence-electron chi connectivity index (χ3n) is 1.88. The van der Waals surface area contributed by atoms with Crippen molar-refractivity contribution < 1.29 is 14.1 Å². The van der Waals surface area contributed by atoms with E-state index in [1.165, 1.54) is 0 Å². The second-order valence-corrected chi connectivity index (χ2v) is 5.38. The topological polar surface area (TPSA) is 54.4 Å². The first-order valence-electron chi connectivity index (χ1n) is 4.39. The standard InChI is InChI=1S/C10H11ClO3S/c1-7(6-10(12)13)15(14)9-5-3-2-4-8(9)11/h2-5,7H,6H2,1H3,(H,12,13). The molecule has 0 radical (unpaired) electrons. The number of halogens is 1. The van der Waals surface area contributed by atoms with Crippen molar-refractivity contribution in [1.82, 2.24) is 0 Å². The molecule has 15 heavy (non-hydrogen) atoms. The van der Waals surface area contributed by atoms with Gasteiger partial charge in [0.05, 0.1) is 27.1 Å². The van der Waals surface area contributed by atoms with Gasteiger partial charge in [-0.25, -0.2) is 0 Å². The van der Waals surface area contributed by atoms with Gasteiger partial charge in [-0.05, 0) is 19.1 Å². The molecule has 0 saturated carbocycles. The average Bonchev–Trinajstić information content (AvgIpc) is 2.16. The lowest BCUT2D eigenvalue weighted by Gasteiger charge is -2.09. The Morgan fingerprint density at radius 3 is 2.67 bits per heavy atom. The molecule has 0 aliphatic carbocycles. The van der Waals surface area contributed by atoms with E-state index in [9.17, 15) is 9.00 Å². The molecule has 0 saturated heterocycles. The molecule has 1 N–H and O–H groups in total. The molecule has 2 unspecified atom stereocenters. The van der Waals surface area contributed by atoms with Crippen LogP contribution < -0.4 is 0 Å². The van der Waals surface area contributed by atoms with Crippen LogP contribution in [0.5, 0.6) is 0 Å². The Labute approximate surface area is 95.5 Å². The van der Waals surface area contributed by atoms with Crippen molar-refractivity contribution in [2.75, 3.05) is 0 Å². The molecule has 0 spiro atoms. The monoisotopic (exact) mass is 246 g/mol. The van der Waals surface area contributed by atoms with E-state index in [-0.39, 0.29) is 6.42 Å². The Hall–Kier alpha value is -0.870. The predicted octanol–water partition coefficient (Wildman–Crippen LogP) is 2.31. The highest BCUT2D eigenvalue weighted by molar-refractivity contribution is 7.85. The number of rotatable bonds is 4. The molecule has 0 aliphatic rings. The maximum atomic E-state index is 11.9. The SMILES string of the molecule is CC(CC(=O)O)S(=O)c1ccccc1Cl. The molecule has 3 nitrogen and oxygen atoms in total. The summed E-state index contributed by atoms with van der Waals surface area (Å²) in [6.45, 7) is 1.63. The Morgan fingerprint density at radius 2 is 2.13 bits per heavy atom. The van der Waals surface area contributed by atoms with Gasteiger partial charge in [0, 0.05) is 5.25 Å². The van der Waals surface area contributed by atoms with E-state index in [1.54, 1.807) is 31.2 Å². The minimum Gasteiger partial charge on any atom is -0.481 e. The molecule has 5 heteroatoms. The van der Waals surface area contributed by atoms with Crippen LogP contribution >= 0.6 is 11.6 Å². The molecule has 0 amide bonds. The van der Waals surface area contributed by atoms with E-state index in [0.717, 1.165) is 0 Å². The molecule has 0 fully saturated rings. The zero-order valence-electron chi connectivity index (χ0n) is 8.14. The van der Waals surface area contributed by atoms with E-state index < -0.39 is 22.0 Å². The van der Waals surface area contributed by atoms with Crippen LogP contribution in [-0.2, 0) is 15.6 Å². The molecule has 1 aromatic carbocycles. The smallest absolute Gasteiger partial charge is 0.304 e. The lowest BCUT2D eigenvalue weighted by molar-refractivity contribution is -0.136. The first-order valence-corrected chi connectivity index (χ1v) is 5.98. The van der Waals surface area contributed by atoms with E-state index in [2.05, 4.69) is 0 Å². The van der Waals surface area contributed by atoms with Crippen LogP contribution in [0.1, 0.15) is 13.3 Å². The van der Waals surface area contributed by atoms with Gasteiger partial charge in [-0.1, -0.05) is 23.7 Å². The van der Waals surface area contributed by atoms with Crippen LogP contribution in [-0.4, -0.2) is 20.5 Å². The lowest BCUT2D eigenvalue weighted by Crippen LogP contribution is -2.16. The van der Waals surface area contributed by atoms with Crippen LogP contribution in [0.25, 0.3) is 0 Å². The molecule has 82 valence electrons. The number of hydrogen-bond acceptors (Lipinski definition) is 2. The first kappa shape index (κ1) is 12.2. The minimum absolute atomic E-state index is 0.127. The Kier molecular flexibility index (Phi) is 4.29. The fourth-order valence-corrected chi connectivity index (χ4v) is 2.71. The summed E-state index contributed by atoms with van der Waals surface area (Å²) >= 11 is 5.86. The third kappa shape index (κ3) is 3.32. The Bertz CT molecular complexity index is 392. The normalized spacial score (nSPS) is 14.5. The van der Waals surface area contributed by atoms with E-state index in [1.807, 2.05) is 0 Å². The third-order valence-corrected chi connectivity index (χ3v) is 4.01. The van der Waals surface area contributed by atoms with Crippen molar-refractivity contribution >= 4 is 28.4 Å². The maximum Gasteiger partial charge on any atom is 0.304 e. The highest BCUT2D eigenvalue weighted by atomic mass is 35.5. The molecule has 0 heterocycles. The van der Waals surface area contributed by atoms with Crippen LogP contribution in [0.2, 0.25) is 5.02 Å². The summed E-state index contributed by atoms with van der Waals surface area (Å²) in [5.74, 6) is -0.956. The summed E-state index contributed by atoms with van der Waals surface area (Å²) in [7, 11) is -1.37. The van der Waals surface area contributed by atoms with Crippen molar-refractivity contribution in [1.29, 1.82) is 0 Å². The molecular weight excluding hydrogens is 236 g/mol. The number of carboxylic acids is 1. The lowest BCUT2D eigenvalue weighted by atomic mass is 10.3. The molecule has 0 aromatic heterocycles. The molecule has 1 aromatic rings. The summed E-state index contributed by atoms with van der Waals surface area (Å²) in [5.41, 5.74) is 0. The molecule has 2 atom stereocenters. The number of carboxylic acid groups (broad SMARTS) is 1. The van der Waals surface area contributed by atoms with E-state index in [0.29, 0.717) is 9.92 Å². The van der Waals surface area contributed by atoms with Crippen LogP contribution in [0.15, 0.2) is 29.2 Å². The van der Waals surface area contributed by atoms with Gasteiger partial charge in [-0.15, -0.1) is 0 Å². The van der Waals surface area contributed by atoms with E-state index >= 15 is 0 Å². The Morgan fingerprint density at radius 1 is 1.53 bits per heavy atom. The predicted molar refractivity (Wildman–Crippen MR) is 59.6 cm³/mol. The number of carbonyl (C=O) groups is 1. The van der Waals surface area contributed by atoms with Crippen molar-refractivity contribution in [3.8, 4) is 0 Å². The van der Waals surface area contributed by atoms with Gasteiger partial charge in [0.25, 0.3) is 0 Å². The highest BCUT2D eigenvalue weighted by Crippen LogP contribution is 2.22. The summed E-state index contributed by atoms with van der Waals surface area (Å²) < 4.78 is 11.9. The zero-order valence-corrected chi connectivity index (χ0v) is 9.72. The van der Waals surface area contributed by atoms with Crippen molar-refractivity contribution in [2.24, 2.45) is 0 Å². The number of hydrogen-bond donors (Lipinski definition) is 1. The number of benzene rings is 1.